The third-order valence-corrected chi connectivity index (χ3v) is 4.33. The van der Waals surface area contributed by atoms with Gasteiger partial charge in [-0.3, -0.25) is 4.99 Å². The summed E-state index contributed by atoms with van der Waals surface area (Å²) in [4.78, 5) is 8.52. The van der Waals surface area contributed by atoms with E-state index in [1.54, 1.807) is 13.2 Å². The minimum Gasteiger partial charge on any atom is -0.443 e. The van der Waals surface area contributed by atoms with Gasteiger partial charge in [-0.25, -0.2) is 4.98 Å². The summed E-state index contributed by atoms with van der Waals surface area (Å²) in [6.45, 7) is 11.6. The fourth-order valence-corrected chi connectivity index (χ4v) is 2.60. The van der Waals surface area contributed by atoms with Crippen molar-refractivity contribution in [1.29, 1.82) is 0 Å². The summed E-state index contributed by atoms with van der Waals surface area (Å²) in [5.74, 6) is 3.40. The molecule has 7 heteroatoms. The van der Waals surface area contributed by atoms with E-state index in [1.165, 1.54) is 0 Å². The molecule has 2 N–H and O–H groups in total. The van der Waals surface area contributed by atoms with Crippen LogP contribution in [-0.4, -0.2) is 23.1 Å². The van der Waals surface area contributed by atoms with Crippen molar-refractivity contribution in [3.63, 3.8) is 0 Å². The molecule has 0 saturated heterocycles. The molecule has 2 aromatic rings. The summed E-state index contributed by atoms with van der Waals surface area (Å²) < 4.78 is 11.2. The molecule has 0 aromatic carbocycles. The predicted octanol–water partition coefficient (Wildman–Crippen LogP) is 3.73. The molecule has 26 heavy (non-hydrogen) atoms. The van der Waals surface area contributed by atoms with Crippen molar-refractivity contribution in [2.75, 3.05) is 7.05 Å². The van der Waals surface area contributed by atoms with E-state index < -0.39 is 0 Å². The molecule has 0 radical (unpaired) electrons. The third-order valence-electron chi connectivity index (χ3n) is 4.33. The summed E-state index contributed by atoms with van der Waals surface area (Å²) in [5, 5.41) is 10.6. The summed E-state index contributed by atoms with van der Waals surface area (Å²) >= 11 is 0. The highest BCUT2D eigenvalue weighted by Gasteiger charge is 2.19. The average Bonchev–Trinajstić information content (AvgIpc) is 3.25. The fourth-order valence-electron chi connectivity index (χ4n) is 2.60. The Morgan fingerprint density at radius 1 is 1.19 bits per heavy atom. The maximum absolute atomic E-state index is 5.78. The summed E-state index contributed by atoms with van der Waals surface area (Å²) in [6.07, 6.45) is 3.90. The lowest BCUT2D eigenvalue weighted by Crippen LogP contribution is -2.36. The number of nitrogens with one attached hydrogen (secondary N) is 2. The first kappa shape index (κ1) is 20.0. The van der Waals surface area contributed by atoms with Crippen molar-refractivity contribution in [3.05, 3.63) is 35.4 Å². The van der Waals surface area contributed by atoms with E-state index in [2.05, 4.69) is 60.4 Å². The molecule has 144 valence electrons. The van der Waals surface area contributed by atoms with Gasteiger partial charge in [0.15, 0.2) is 11.7 Å². The first-order valence-corrected chi connectivity index (χ1v) is 9.22. The topological polar surface area (TPSA) is 88.5 Å². The summed E-state index contributed by atoms with van der Waals surface area (Å²) in [5.41, 5.74) is 0.966. The first-order valence-electron chi connectivity index (χ1n) is 9.22. The van der Waals surface area contributed by atoms with Crippen LogP contribution in [0, 0.1) is 0 Å². The number of rotatable bonds is 7. The molecule has 0 fully saturated rings. The van der Waals surface area contributed by atoms with Gasteiger partial charge < -0.3 is 19.6 Å². The maximum Gasteiger partial charge on any atom is 0.213 e. The second-order valence-corrected chi connectivity index (χ2v) is 7.38. The van der Waals surface area contributed by atoms with Gasteiger partial charge >= 0.3 is 0 Å². The Morgan fingerprint density at radius 2 is 1.88 bits per heavy atom. The molecule has 0 aliphatic heterocycles. The molecule has 0 amide bonds. The van der Waals surface area contributed by atoms with Crippen LogP contribution in [0.2, 0.25) is 0 Å². The quantitative estimate of drug-likeness (QED) is 0.577. The van der Waals surface area contributed by atoms with Gasteiger partial charge in [-0.15, -0.1) is 0 Å². The lowest BCUT2D eigenvalue weighted by molar-refractivity contribution is 0.367. The Labute approximate surface area is 155 Å². The van der Waals surface area contributed by atoms with E-state index in [-0.39, 0.29) is 5.41 Å². The first-order chi connectivity index (χ1) is 12.4. The molecule has 2 rings (SSSR count). The molecule has 0 atom stereocenters. The number of guanidine groups is 1. The van der Waals surface area contributed by atoms with Crippen molar-refractivity contribution >= 4 is 5.96 Å². The van der Waals surface area contributed by atoms with Gasteiger partial charge in [-0.2, -0.15) is 0 Å². The average molecular weight is 361 g/mol. The van der Waals surface area contributed by atoms with Crippen LogP contribution in [0.1, 0.15) is 76.5 Å². The van der Waals surface area contributed by atoms with Crippen LogP contribution < -0.4 is 10.6 Å². The van der Waals surface area contributed by atoms with E-state index in [0.717, 1.165) is 30.1 Å². The van der Waals surface area contributed by atoms with Gasteiger partial charge in [0.2, 0.25) is 5.89 Å². The molecule has 0 unspecified atom stereocenters. The van der Waals surface area contributed by atoms with E-state index >= 15 is 0 Å². The standard InChI is InChI=1S/C19H31N5O2/c1-7-13(8-2)15-9-14(26-24-15)10-22-18(20-6)23-12-17-21-11-16(25-17)19(3,4)5/h9,11,13H,7-8,10,12H2,1-6H3,(H2,20,22,23). The van der Waals surface area contributed by atoms with Crippen LogP contribution in [0.3, 0.4) is 0 Å². The zero-order chi connectivity index (χ0) is 19.2. The molecule has 0 spiro atoms. The highest BCUT2D eigenvalue weighted by molar-refractivity contribution is 5.79. The zero-order valence-corrected chi connectivity index (χ0v) is 16.7. The largest absolute Gasteiger partial charge is 0.443 e. The van der Waals surface area contributed by atoms with Crippen molar-refractivity contribution < 1.29 is 8.94 Å². The number of hydrogen-bond donors (Lipinski definition) is 2. The highest BCUT2D eigenvalue weighted by Crippen LogP contribution is 2.23. The van der Waals surface area contributed by atoms with Gasteiger partial charge in [-0.05, 0) is 12.8 Å². The van der Waals surface area contributed by atoms with Gasteiger partial charge in [0.05, 0.1) is 25.0 Å². The third kappa shape index (κ3) is 5.34. The summed E-state index contributed by atoms with van der Waals surface area (Å²) in [6, 6.07) is 2.02. The Morgan fingerprint density at radius 3 is 2.46 bits per heavy atom. The molecule has 0 bridgehead atoms. The molecule has 0 aliphatic carbocycles. The van der Waals surface area contributed by atoms with E-state index in [9.17, 15) is 0 Å². The predicted molar refractivity (Wildman–Crippen MR) is 102 cm³/mol. The van der Waals surface area contributed by atoms with Gasteiger partial charge in [-0.1, -0.05) is 39.8 Å². The Bertz CT molecular complexity index is 708. The normalized spacial score (nSPS) is 12.7. The minimum atomic E-state index is -0.0516. The van der Waals surface area contributed by atoms with Crippen molar-refractivity contribution in [3.8, 4) is 0 Å². The molecule has 0 saturated carbocycles. The van der Waals surface area contributed by atoms with Crippen LogP contribution in [0.25, 0.3) is 0 Å². The number of aliphatic imine (C=N–C) groups is 1. The van der Waals surface area contributed by atoms with E-state index in [1.807, 2.05) is 6.07 Å². The van der Waals surface area contributed by atoms with Crippen molar-refractivity contribution in [1.82, 2.24) is 20.8 Å². The van der Waals surface area contributed by atoms with Crippen LogP contribution >= 0.6 is 0 Å². The van der Waals surface area contributed by atoms with Gasteiger partial charge in [0.25, 0.3) is 0 Å². The molecule has 7 nitrogen and oxygen atoms in total. The van der Waals surface area contributed by atoms with Crippen LogP contribution in [0.4, 0.5) is 0 Å². The zero-order valence-electron chi connectivity index (χ0n) is 16.7. The fraction of sp³-hybridized carbons (Fsp3) is 0.632. The molecular weight excluding hydrogens is 330 g/mol. The highest BCUT2D eigenvalue weighted by atomic mass is 16.5. The van der Waals surface area contributed by atoms with Crippen LogP contribution in [-0.2, 0) is 18.5 Å². The number of hydrogen-bond acceptors (Lipinski definition) is 5. The number of nitrogens with zero attached hydrogens (tertiary/aromatic N) is 3. The van der Waals surface area contributed by atoms with Crippen LogP contribution in [0.5, 0.6) is 0 Å². The second-order valence-electron chi connectivity index (χ2n) is 7.38. The molecule has 0 aliphatic rings. The summed E-state index contributed by atoms with van der Waals surface area (Å²) in [7, 11) is 1.72. The minimum absolute atomic E-state index is 0.0516. The molecule has 2 heterocycles. The number of aromatic nitrogens is 2. The maximum atomic E-state index is 5.78. The Kier molecular flexibility index (Phi) is 6.83. The number of oxazole rings is 1. The monoisotopic (exact) mass is 361 g/mol. The lowest BCUT2D eigenvalue weighted by atomic mass is 9.94. The van der Waals surface area contributed by atoms with Crippen molar-refractivity contribution in [2.45, 2.75) is 71.9 Å². The smallest absolute Gasteiger partial charge is 0.213 e. The van der Waals surface area contributed by atoms with E-state index in [0.29, 0.717) is 30.9 Å². The van der Waals surface area contributed by atoms with Crippen molar-refractivity contribution in [2.24, 2.45) is 4.99 Å². The van der Waals surface area contributed by atoms with Gasteiger partial charge in [0, 0.05) is 24.4 Å². The Hall–Kier alpha value is -2.31. The SMILES string of the molecule is CCC(CC)c1cc(CNC(=NC)NCc2ncc(C(C)(C)C)o2)on1. The Balaban J connectivity index is 1.85. The van der Waals surface area contributed by atoms with Gasteiger partial charge in [0.1, 0.15) is 5.76 Å². The lowest BCUT2D eigenvalue weighted by Gasteiger charge is -2.13. The molecular formula is C19H31N5O2. The second kappa shape index (κ2) is 8.87. The molecule has 2 aromatic heterocycles. The van der Waals surface area contributed by atoms with Crippen LogP contribution in [0.15, 0.2) is 26.2 Å². The van der Waals surface area contributed by atoms with E-state index in [4.69, 9.17) is 8.94 Å².